The molecule has 0 saturated heterocycles. The number of aromatic nitrogens is 1. The van der Waals surface area contributed by atoms with E-state index < -0.39 is 0 Å². The minimum atomic E-state index is 0.388. The number of aldehydes is 1. The molecule has 0 aliphatic heterocycles. The normalized spacial score (nSPS) is 7.92. The number of carbonyl (C=O) groups is 1. The Balaban J connectivity index is 0.000000561. The molecule has 0 aliphatic rings. The molecule has 1 heterocycles. The minimum absolute atomic E-state index is 0.388. The summed E-state index contributed by atoms with van der Waals surface area (Å²) in [6, 6.07) is 5.03. The molecule has 3 nitrogen and oxygen atoms in total. The smallest absolute Gasteiger partial charge is 0.213 e. The highest BCUT2D eigenvalue weighted by molar-refractivity contribution is 5.71. The van der Waals surface area contributed by atoms with Crippen LogP contribution in [0.25, 0.3) is 0 Å². The Morgan fingerprint density at radius 2 is 2.08 bits per heavy atom. The van der Waals surface area contributed by atoms with E-state index in [-0.39, 0.29) is 0 Å². The Bertz CT molecular complexity index is 236. The van der Waals surface area contributed by atoms with Gasteiger partial charge >= 0.3 is 0 Å². The van der Waals surface area contributed by atoms with E-state index >= 15 is 0 Å². The first kappa shape index (κ1) is 10.6. The standard InChI is InChI=1S/C7H7NO2.C2H6/c1-10-7-4-2-3-6(5-9)8-7;1-2/h2-5H,1H3;1-2H3. The van der Waals surface area contributed by atoms with Gasteiger partial charge in [-0.1, -0.05) is 19.9 Å². The highest BCUT2D eigenvalue weighted by Crippen LogP contribution is 2.03. The second kappa shape index (κ2) is 6.34. The van der Waals surface area contributed by atoms with Crippen molar-refractivity contribution >= 4 is 6.29 Å². The second-order valence-corrected chi connectivity index (χ2v) is 1.72. The van der Waals surface area contributed by atoms with Gasteiger partial charge in [0.2, 0.25) is 5.88 Å². The third-order valence-corrected chi connectivity index (χ3v) is 1.07. The molecule has 0 fully saturated rings. The van der Waals surface area contributed by atoms with Crippen LogP contribution in [0.1, 0.15) is 24.3 Å². The van der Waals surface area contributed by atoms with Crippen molar-refractivity contribution in [1.29, 1.82) is 0 Å². The molecule has 0 amide bonds. The molecule has 1 aromatic heterocycles. The summed E-state index contributed by atoms with van der Waals surface area (Å²) < 4.78 is 4.79. The molecule has 0 saturated carbocycles. The summed E-state index contributed by atoms with van der Waals surface area (Å²) in [7, 11) is 1.51. The molecule has 66 valence electrons. The minimum Gasteiger partial charge on any atom is -0.481 e. The van der Waals surface area contributed by atoms with Crippen molar-refractivity contribution in [2.45, 2.75) is 13.8 Å². The number of pyridine rings is 1. The summed E-state index contributed by atoms with van der Waals surface area (Å²) in [5.41, 5.74) is 0.388. The summed E-state index contributed by atoms with van der Waals surface area (Å²) in [4.78, 5) is 14.0. The van der Waals surface area contributed by atoms with Gasteiger partial charge in [0, 0.05) is 6.07 Å². The predicted molar refractivity (Wildman–Crippen MR) is 47.5 cm³/mol. The van der Waals surface area contributed by atoms with Gasteiger partial charge in [0.05, 0.1) is 7.11 Å². The van der Waals surface area contributed by atoms with E-state index in [9.17, 15) is 4.79 Å². The van der Waals surface area contributed by atoms with Gasteiger partial charge in [-0.2, -0.15) is 0 Å². The summed E-state index contributed by atoms with van der Waals surface area (Å²) >= 11 is 0. The summed E-state index contributed by atoms with van der Waals surface area (Å²) in [6.07, 6.45) is 0.683. The average Bonchev–Trinajstić information content (AvgIpc) is 2.21. The second-order valence-electron chi connectivity index (χ2n) is 1.72. The predicted octanol–water partition coefficient (Wildman–Crippen LogP) is 1.93. The van der Waals surface area contributed by atoms with Gasteiger partial charge in [0.25, 0.3) is 0 Å². The van der Waals surface area contributed by atoms with E-state index in [2.05, 4.69) is 4.98 Å². The quantitative estimate of drug-likeness (QED) is 0.632. The van der Waals surface area contributed by atoms with Gasteiger partial charge in [0.1, 0.15) is 5.69 Å². The summed E-state index contributed by atoms with van der Waals surface area (Å²) in [5.74, 6) is 0.463. The van der Waals surface area contributed by atoms with Crippen molar-refractivity contribution in [2.24, 2.45) is 0 Å². The first-order chi connectivity index (χ1) is 5.86. The Morgan fingerprint density at radius 1 is 1.42 bits per heavy atom. The highest BCUT2D eigenvalue weighted by Gasteiger charge is 1.92. The molecule has 12 heavy (non-hydrogen) atoms. The first-order valence-electron chi connectivity index (χ1n) is 3.83. The molecule has 0 spiro atoms. The van der Waals surface area contributed by atoms with E-state index in [1.807, 2.05) is 13.8 Å². The molecule has 0 unspecified atom stereocenters. The Hall–Kier alpha value is -1.38. The number of hydrogen-bond acceptors (Lipinski definition) is 3. The van der Waals surface area contributed by atoms with E-state index in [1.165, 1.54) is 7.11 Å². The number of ether oxygens (including phenoxy) is 1. The maximum Gasteiger partial charge on any atom is 0.213 e. The maximum atomic E-state index is 10.2. The molecular formula is C9H13NO2. The fourth-order valence-electron chi connectivity index (χ4n) is 0.610. The third kappa shape index (κ3) is 3.14. The highest BCUT2D eigenvalue weighted by atomic mass is 16.5. The fourth-order valence-corrected chi connectivity index (χ4v) is 0.610. The Labute approximate surface area is 72.4 Å². The van der Waals surface area contributed by atoms with Crippen molar-refractivity contribution < 1.29 is 9.53 Å². The van der Waals surface area contributed by atoms with Crippen LogP contribution in [-0.2, 0) is 0 Å². The van der Waals surface area contributed by atoms with Crippen LogP contribution in [0.3, 0.4) is 0 Å². The van der Waals surface area contributed by atoms with Crippen LogP contribution in [-0.4, -0.2) is 18.4 Å². The molecule has 1 rings (SSSR count). The van der Waals surface area contributed by atoms with Crippen LogP contribution in [0.2, 0.25) is 0 Å². The zero-order chi connectivity index (χ0) is 9.40. The van der Waals surface area contributed by atoms with Crippen molar-refractivity contribution in [3.63, 3.8) is 0 Å². The summed E-state index contributed by atoms with van der Waals surface area (Å²) in [6.45, 7) is 4.00. The van der Waals surface area contributed by atoms with Crippen molar-refractivity contribution in [3.05, 3.63) is 23.9 Å². The number of nitrogens with zero attached hydrogens (tertiary/aromatic N) is 1. The van der Waals surface area contributed by atoms with Gasteiger partial charge in [0.15, 0.2) is 6.29 Å². The van der Waals surface area contributed by atoms with E-state index in [4.69, 9.17) is 4.74 Å². The van der Waals surface area contributed by atoms with Crippen LogP contribution >= 0.6 is 0 Å². The number of rotatable bonds is 2. The van der Waals surface area contributed by atoms with Crippen molar-refractivity contribution in [1.82, 2.24) is 4.98 Å². The fraction of sp³-hybridized carbons (Fsp3) is 0.333. The van der Waals surface area contributed by atoms with Gasteiger partial charge in [-0.15, -0.1) is 0 Å². The molecule has 0 aliphatic carbocycles. The summed E-state index contributed by atoms with van der Waals surface area (Å²) in [5, 5.41) is 0. The average molecular weight is 167 g/mol. The zero-order valence-corrected chi connectivity index (χ0v) is 7.57. The van der Waals surface area contributed by atoms with Gasteiger partial charge in [-0.05, 0) is 6.07 Å². The van der Waals surface area contributed by atoms with Gasteiger partial charge < -0.3 is 4.74 Å². The molecule has 1 aromatic rings. The van der Waals surface area contributed by atoms with Crippen molar-refractivity contribution in [2.75, 3.05) is 7.11 Å². The zero-order valence-electron chi connectivity index (χ0n) is 7.57. The lowest BCUT2D eigenvalue weighted by atomic mass is 10.4. The van der Waals surface area contributed by atoms with Crippen LogP contribution in [0.4, 0.5) is 0 Å². The van der Waals surface area contributed by atoms with E-state index in [0.29, 0.717) is 17.9 Å². The molecule has 0 atom stereocenters. The van der Waals surface area contributed by atoms with Crippen LogP contribution in [0.15, 0.2) is 18.2 Å². The Kier molecular flexibility index (Phi) is 5.61. The molecule has 0 radical (unpaired) electrons. The molecule has 3 heteroatoms. The topological polar surface area (TPSA) is 39.2 Å². The monoisotopic (exact) mass is 167 g/mol. The lowest BCUT2D eigenvalue weighted by Crippen LogP contribution is -1.90. The molecule has 0 bridgehead atoms. The first-order valence-corrected chi connectivity index (χ1v) is 3.83. The van der Waals surface area contributed by atoms with E-state index in [0.717, 1.165) is 0 Å². The Morgan fingerprint density at radius 3 is 2.58 bits per heavy atom. The van der Waals surface area contributed by atoms with Crippen LogP contribution in [0.5, 0.6) is 5.88 Å². The number of hydrogen-bond donors (Lipinski definition) is 0. The van der Waals surface area contributed by atoms with Crippen molar-refractivity contribution in [3.8, 4) is 5.88 Å². The molecule has 0 aromatic carbocycles. The molecular weight excluding hydrogens is 154 g/mol. The maximum absolute atomic E-state index is 10.2. The van der Waals surface area contributed by atoms with Crippen LogP contribution in [0, 0.1) is 0 Å². The SMILES string of the molecule is CC.COc1cccc(C=O)n1. The lowest BCUT2D eigenvalue weighted by Gasteiger charge is -1.95. The third-order valence-electron chi connectivity index (χ3n) is 1.07. The van der Waals surface area contributed by atoms with Crippen LogP contribution < -0.4 is 4.74 Å². The molecule has 0 N–H and O–H groups in total. The number of methoxy groups -OCH3 is 1. The number of carbonyl (C=O) groups excluding carboxylic acids is 1. The van der Waals surface area contributed by atoms with Gasteiger partial charge in [-0.25, -0.2) is 4.98 Å². The van der Waals surface area contributed by atoms with E-state index in [1.54, 1.807) is 18.2 Å². The largest absolute Gasteiger partial charge is 0.481 e. The lowest BCUT2D eigenvalue weighted by molar-refractivity contribution is 0.111. The van der Waals surface area contributed by atoms with Gasteiger partial charge in [-0.3, -0.25) is 4.79 Å².